The molecule has 27 heavy (non-hydrogen) atoms. The molecule has 0 radical (unpaired) electrons. The fourth-order valence-corrected chi connectivity index (χ4v) is 5.54. The average molecular weight is 395 g/mol. The molecule has 4 rings (SSSR count). The van der Waals surface area contributed by atoms with Gasteiger partial charge in [0.1, 0.15) is 0 Å². The smallest absolute Gasteiger partial charge is 0.290 e. The largest absolute Gasteiger partial charge is 0.483 e. The van der Waals surface area contributed by atoms with Gasteiger partial charge in [0, 0.05) is 31.1 Å². The molecule has 150 valence electrons. The van der Waals surface area contributed by atoms with Gasteiger partial charge in [-0.1, -0.05) is 30.2 Å². The summed E-state index contributed by atoms with van der Waals surface area (Å²) in [6.07, 6.45) is 8.27. The predicted octanol–water partition coefficient (Wildman–Crippen LogP) is 3.64. The average Bonchev–Trinajstić information content (AvgIpc) is 3.02. The van der Waals surface area contributed by atoms with Crippen LogP contribution in [0.3, 0.4) is 0 Å². The summed E-state index contributed by atoms with van der Waals surface area (Å²) < 4.78 is 0. The number of anilines is 1. The summed E-state index contributed by atoms with van der Waals surface area (Å²) in [5.41, 5.74) is 1.39. The van der Waals surface area contributed by atoms with Crippen molar-refractivity contribution in [3.05, 3.63) is 29.3 Å². The Hall–Kier alpha value is -1.30. The summed E-state index contributed by atoms with van der Waals surface area (Å²) in [6.45, 7) is 4.25. The van der Waals surface area contributed by atoms with E-state index in [0.717, 1.165) is 31.1 Å². The van der Waals surface area contributed by atoms with Gasteiger partial charge in [-0.05, 0) is 57.2 Å². The highest BCUT2D eigenvalue weighted by molar-refractivity contribution is 6.33. The number of rotatable bonds is 2. The van der Waals surface area contributed by atoms with Crippen LogP contribution in [-0.2, 0) is 4.79 Å². The molecule has 1 aliphatic carbocycles. The zero-order chi connectivity index (χ0) is 19.3. The topological polar surface area (TPSA) is 64.0 Å². The lowest BCUT2D eigenvalue weighted by atomic mass is 9.76. The SMILES string of the molecule is O=CO.O[C@@H]1CCC[C@]12CCCN(C1CCN(c3ccccc3Cl)CC1)C2. The van der Waals surface area contributed by atoms with Gasteiger partial charge < -0.3 is 15.1 Å². The minimum absolute atomic E-state index is 0.0662. The molecule has 3 fully saturated rings. The highest BCUT2D eigenvalue weighted by Crippen LogP contribution is 2.46. The van der Waals surface area contributed by atoms with Crippen molar-refractivity contribution in [2.24, 2.45) is 5.41 Å². The van der Waals surface area contributed by atoms with Crippen LogP contribution in [0.4, 0.5) is 5.69 Å². The van der Waals surface area contributed by atoms with E-state index < -0.39 is 0 Å². The van der Waals surface area contributed by atoms with E-state index in [4.69, 9.17) is 21.5 Å². The third kappa shape index (κ3) is 4.58. The van der Waals surface area contributed by atoms with E-state index in [0.29, 0.717) is 6.04 Å². The molecule has 3 aliphatic rings. The predicted molar refractivity (Wildman–Crippen MR) is 108 cm³/mol. The molecule has 0 aromatic heterocycles. The highest BCUT2D eigenvalue weighted by Gasteiger charge is 2.45. The zero-order valence-electron chi connectivity index (χ0n) is 15.9. The molecule has 2 N–H and O–H groups in total. The van der Waals surface area contributed by atoms with Crippen LogP contribution >= 0.6 is 11.6 Å². The van der Waals surface area contributed by atoms with E-state index in [9.17, 15) is 5.11 Å². The van der Waals surface area contributed by atoms with Crippen molar-refractivity contribution in [2.75, 3.05) is 31.1 Å². The number of carboxylic acid groups (broad SMARTS) is 1. The molecule has 2 heterocycles. The van der Waals surface area contributed by atoms with Crippen LogP contribution in [0, 0.1) is 5.41 Å². The molecule has 2 saturated heterocycles. The first kappa shape index (κ1) is 20.4. The maximum absolute atomic E-state index is 10.5. The molecule has 1 saturated carbocycles. The minimum atomic E-state index is -0.250. The number of aliphatic hydroxyl groups excluding tert-OH is 1. The maximum Gasteiger partial charge on any atom is 0.290 e. The van der Waals surface area contributed by atoms with E-state index in [2.05, 4.69) is 21.9 Å². The number of hydrogen-bond acceptors (Lipinski definition) is 4. The normalized spacial score (nSPS) is 29.4. The lowest BCUT2D eigenvalue weighted by Gasteiger charge is -2.48. The number of benzene rings is 1. The van der Waals surface area contributed by atoms with Crippen molar-refractivity contribution in [1.29, 1.82) is 0 Å². The number of aliphatic hydroxyl groups is 1. The molecular weight excluding hydrogens is 364 g/mol. The van der Waals surface area contributed by atoms with Gasteiger partial charge in [-0.2, -0.15) is 0 Å². The van der Waals surface area contributed by atoms with Gasteiger partial charge in [0.2, 0.25) is 0 Å². The molecular formula is C21H31ClN2O3. The molecule has 2 aliphatic heterocycles. The quantitative estimate of drug-likeness (QED) is 0.750. The van der Waals surface area contributed by atoms with Crippen molar-refractivity contribution in [3.63, 3.8) is 0 Å². The molecule has 1 spiro atoms. The van der Waals surface area contributed by atoms with Gasteiger partial charge in [-0.25, -0.2) is 0 Å². The van der Waals surface area contributed by atoms with Crippen molar-refractivity contribution in [3.8, 4) is 0 Å². The molecule has 1 aromatic rings. The Balaban J connectivity index is 0.000000659. The van der Waals surface area contributed by atoms with Crippen LogP contribution in [0.2, 0.25) is 5.02 Å². The summed E-state index contributed by atoms with van der Waals surface area (Å²) in [4.78, 5) is 13.5. The van der Waals surface area contributed by atoms with Crippen LogP contribution in [0.25, 0.3) is 0 Å². The van der Waals surface area contributed by atoms with Crippen LogP contribution in [0.15, 0.2) is 24.3 Å². The molecule has 0 amide bonds. The van der Waals surface area contributed by atoms with Gasteiger partial charge in [0.25, 0.3) is 6.47 Å². The summed E-state index contributed by atoms with van der Waals surface area (Å²) in [6, 6.07) is 8.86. The van der Waals surface area contributed by atoms with Crippen LogP contribution in [0.5, 0.6) is 0 Å². The fourth-order valence-electron chi connectivity index (χ4n) is 5.28. The Bertz CT molecular complexity index is 621. The molecule has 2 atom stereocenters. The monoisotopic (exact) mass is 394 g/mol. The maximum atomic E-state index is 10.5. The Kier molecular flexibility index (Phi) is 7.01. The second kappa shape index (κ2) is 9.26. The third-order valence-electron chi connectivity index (χ3n) is 6.67. The second-order valence-corrected chi connectivity index (χ2v) is 8.53. The lowest BCUT2D eigenvalue weighted by molar-refractivity contribution is -0.122. The second-order valence-electron chi connectivity index (χ2n) is 8.12. The number of carbonyl (C=O) groups is 1. The number of piperidine rings is 2. The standard InChI is InChI=1S/C20H29ClN2O.CH2O2/c21-17-5-1-2-6-18(17)22-13-8-16(9-14-22)23-12-4-11-20(15-23)10-3-7-19(20)24;2-1-3/h1-2,5-6,16,19,24H,3-4,7-15H2;1H,(H,2,3)/t19-,20-;/m1./s1. The van der Waals surface area contributed by atoms with Gasteiger partial charge in [0.15, 0.2) is 0 Å². The molecule has 6 heteroatoms. The first-order valence-corrected chi connectivity index (χ1v) is 10.5. The number of para-hydroxylation sites is 1. The van der Waals surface area contributed by atoms with Gasteiger partial charge in [-0.15, -0.1) is 0 Å². The number of halogens is 1. The van der Waals surface area contributed by atoms with Crippen molar-refractivity contribution < 1.29 is 15.0 Å². The third-order valence-corrected chi connectivity index (χ3v) is 6.99. The summed E-state index contributed by atoms with van der Waals surface area (Å²) in [7, 11) is 0. The number of likely N-dealkylation sites (tertiary alicyclic amines) is 1. The first-order valence-electron chi connectivity index (χ1n) is 10.1. The Morgan fingerprint density at radius 3 is 2.37 bits per heavy atom. The zero-order valence-corrected chi connectivity index (χ0v) is 16.7. The van der Waals surface area contributed by atoms with Crippen molar-refractivity contribution in [2.45, 2.75) is 57.1 Å². The van der Waals surface area contributed by atoms with E-state index >= 15 is 0 Å². The van der Waals surface area contributed by atoms with E-state index in [1.807, 2.05) is 12.1 Å². The molecule has 5 nitrogen and oxygen atoms in total. The van der Waals surface area contributed by atoms with E-state index in [-0.39, 0.29) is 18.0 Å². The van der Waals surface area contributed by atoms with Gasteiger partial charge in [-0.3, -0.25) is 9.69 Å². The Morgan fingerprint density at radius 2 is 1.74 bits per heavy atom. The summed E-state index contributed by atoms with van der Waals surface area (Å²) in [5, 5.41) is 18.2. The Morgan fingerprint density at radius 1 is 1.07 bits per heavy atom. The van der Waals surface area contributed by atoms with Gasteiger partial charge in [0.05, 0.1) is 16.8 Å². The number of hydrogen-bond donors (Lipinski definition) is 2. The Labute approximate surface area is 166 Å². The summed E-state index contributed by atoms with van der Waals surface area (Å²) >= 11 is 6.36. The lowest BCUT2D eigenvalue weighted by Crippen LogP contribution is -2.53. The number of nitrogens with zero attached hydrogens (tertiary/aromatic N) is 2. The highest BCUT2D eigenvalue weighted by atomic mass is 35.5. The van der Waals surface area contributed by atoms with Crippen molar-refractivity contribution >= 4 is 23.8 Å². The van der Waals surface area contributed by atoms with Crippen LogP contribution < -0.4 is 4.90 Å². The molecule has 0 bridgehead atoms. The summed E-state index contributed by atoms with van der Waals surface area (Å²) in [5.74, 6) is 0. The van der Waals surface area contributed by atoms with E-state index in [1.165, 1.54) is 50.8 Å². The van der Waals surface area contributed by atoms with E-state index in [1.54, 1.807) is 0 Å². The molecule has 0 unspecified atom stereocenters. The van der Waals surface area contributed by atoms with Crippen molar-refractivity contribution in [1.82, 2.24) is 4.90 Å². The van der Waals surface area contributed by atoms with Crippen LogP contribution in [-0.4, -0.2) is 59.9 Å². The van der Waals surface area contributed by atoms with Crippen LogP contribution in [0.1, 0.15) is 44.9 Å². The molecule has 1 aromatic carbocycles. The van der Waals surface area contributed by atoms with Gasteiger partial charge >= 0.3 is 0 Å². The fraction of sp³-hybridized carbons (Fsp3) is 0.667. The first-order chi connectivity index (χ1) is 13.1. The minimum Gasteiger partial charge on any atom is -0.483 e.